The van der Waals surface area contributed by atoms with E-state index in [2.05, 4.69) is 20.9 Å². The van der Waals surface area contributed by atoms with Crippen LogP contribution in [0.4, 0.5) is 5.82 Å². The molecule has 2 aromatic rings. The topological polar surface area (TPSA) is 65.3 Å². The molecule has 0 saturated carbocycles. The van der Waals surface area contributed by atoms with Gasteiger partial charge in [0.1, 0.15) is 6.10 Å². The summed E-state index contributed by atoms with van der Waals surface area (Å²) in [5.74, 6) is -0.233. The van der Waals surface area contributed by atoms with Crippen LogP contribution >= 0.6 is 27.5 Å². The number of rotatable bonds is 4. The molecule has 7 heteroatoms. The first-order valence-electron chi connectivity index (χ1n) is 5.70. The number of hydrogen-bond acceptors (Lipinski definition) is 4. The molecule has 0 aliphatic heterocycles. The van der Waals surface area contributed by atoms with Crippen LogP contribution in [0, 0.1) is 10.1 Å². The number of ether oxygens (including phenoxy) is 1. The highest BCUT2D eigenvalue weighted by molar-refractivity contribution is 9.10. The largest absolute Gasteiger partial charge is 0.478 e. The smallest absolute Gasteiger partial charge is 0.406 e. The number of benzene rings is 1. The molecule has 1 aromatic carbocycles. The van der Waals surface area contributed by atoms with Gasteiger partial charge >= 0.3 is 5.82 Å². The maximum absolute atomic E-state index is 10.9. The summed E-state index contributed by atoms with van der Waals surface area (Å²) in [6.07, 6.45) is 0.920. The third-order valence-electron chi connectivity index (χ3n) is 2.62. The zero-order chi connectivity index (χ0) is 14.7. The molecular weight excluding hydrogens is 348 g/mol. The minimum atomic E-state index is -0.582. The number of nitrogens with zero attached hydrogens (tertiary/aromatic N) is 2. The van der Waals surface area contributed by atoms with Crippen LogP contribution in [0.3, 0.4) is 0 Å². The van der Waals surface area contributed by atoms with Gasteiger partial charge in [0.25, 0.3) is 0 Å². The maximum atomic E-state index is 10.9. The zero-order valence-electron chi connectivity index (χ0n) is 10.4. The van der Waals surface area contributed by atoms with Gasteiger partial charge in [0.15, 0.2) is 6.20 Å². The lowest BCUT2D eigenvalue weighted by Gasteiger charge is -2.15. The lowest BCUT2D eigenvalue weighted by atomic mass is 10.1. The molecule has 2 rings (SSSR count). The predicted molar refractivity (Wildman–Crippen MR) is 79.1 cm³/mol. The van der Waals surface area contributed by atoms with E-state index in [1.54, 1.807) is 13.0 Å². The lowest BCUT2D eigenvalue weighted by molar-refractivity contribution is -0.390. The Kier molecular flexibility index (Phi) is 4.57. The Morgan fingerprint density at radius 2 is 2.15 bits per heavy atom. The van der Waals surface area contributed by atoms with Gasteiger partial charge < -0.3 is 14.9 Å². The minimum absolute atomic E-state index is 0.0943. The van der Waals surface area contributed by atoms with E-state index in [4.69, 9.17) is 16.3 Å². The van der Waals surface area contributed by atoms with Gasteiger partial charge in [0, 0.05) is 16.7 Å². The minimum Gasteiger partial charge on any atom is -0.478 e. The van der Waals surface area contributed by atoms with E-state index in [9.17, 15) is 10.1 Å². The summed E-state index contributed by atoms with van der Waals surface area (Å²) in [6, 6.07) is 8.70. The molecule has 0 bridgehead atoms. The number of nitro groups is 1. The molecule has 104 valence electrons. The fourth-order valence-corrected chi connectivity index (χ4v) is 2.30. The van der Waals surface area contributed by atoms with Crippen molar-refractivity contribution in [3.8, 4) is 5.75 Å². The van der Waals surface area contributed by atoms with Crippen molar-refractivity contribution in [2.24, 2.45) is 0 Å². The summed E-state index contributed by atoms with van der Waals surface area (Å²) in [7, 11) is 0. The van der Waals surface area contributed by atoms with Crippen molar-refractivity contribution in [1.82, 2.24) is 4.98 Å². The highest BCUT2D eigenvalue weighted by Crippen LogP contribution is 2.33. The van der Waals surface area contributed by atoms with Crippen molar-refractivity contribution in [1.29, 1.82) is 0 Å². The van der Waals surface area contributed by atoms with Gasteiger partial charge in [-0.25, -0.2) is 0 Å². The van der Waals surface area contributed by atoms with Crippen LogP contribution in [0.1, 0.15) is 18.6 Å². The molecule has 0 amide bonds. The number of halogens is 2. The first-order valence-corrected chi connectivity index (χ1v) is 6.87. The molecule has 0 fully saturated rings. The highest BCUT2D eigenvalue weighted by Gasteiger charge is 2.21. The van der Waals surface area contributed by atoms with Crippen LogP contribution in [-0.4, -0.2) is 9.91 Å². The fraction of sp³-hybridized carbons (Fsp3) is 0.154. The Morgan fingerprint density at radius 1 is 1.45 bits per heavy atom. The molecule has 1 aromatic heterocycles. The molecule has 0 aliphatic carbocycles. The summed E-state index contributed by atoms with van der Waals surface area (Å²) in [5, 5.41) is 11.5. The molecule has 0 aliphatic rings. The Labute approximate surface area is 128 Å². The van der Waals surface area contributed by atoms with Crippen molar-refractivity contribution in [2.75, 3.05) is 0 Å². The van der Waals surface area contributed by atoms with Crippen molar-refractivity contribution >= 4 is 33.3 Å². The molecule has 0 N–H and O–H groups in total. The summed E-state index contributed by atoms with van der Waals surface area (Å²) in [6.45, 7) is 1.77. The van der Waals surface area contributed by atoms with Crippen molar-refractivity contribution in [2.45, 2.75) is 13.0 Å². The molecule has 0 saturated heterocycles. The predicted octanol–water partition coefficient (Wildman–Crippen LogP) is 4.55. The number of pyridine rings is 1. The maximum Gasteiger partial charge on any atom is 0.406 e. The Morgan fingerprint density at radius 3 is 2.80 bits per heavy atom. The van der Waals surface area contributed by atoms with Gasteiger partial charge in [0.2, 0.25) is 5.75 Å². The van der Waals surface area contributed by atoms with Crippen molar-refractivity contribution in [3.05, 3.63) is 61.7 Å². The van der Waals surface area contributed by atoms with E-state index in [1.807, 2.05) is 18.2 Å². The first-order chi connectivity index (χ1) is 9.49. The Bertz CT molecular complexity index is 651. The van der Waals surface area contributed by atoms with E-state index in [0.29, 0.717) is 9.50 Å². The van der Waals surface area contributed by atoms with Gasteiger partial charge in [-0.05, 0) is 38.8 Å². The first kappa shape index (κ1) is 14.7. The quantitative estimate of drug-likeness (QED) is 0.595. The average Bonchev–Trinajstić information content (AvgIpc) is 2.38. The molecule has 20 heavy (non-hydrogen) atoms. The third kappa shape index (κ3) is 3.26. The molecule has 0 radical (unpaired) electrons. The highest BCUT2D eigenvalue weighted by atomic mass is 79.9. The lowest BCUT2D eigenvalue weighted by Crippen LogP contribution is -2.06. The molecule has 5 nitrogen and oxygen atoms in total. The van der Waals surface area contributed by atoms with E-state index in [1.165, 1.54) is 12.3 Å². The second kappa shape index (κ2) is 6.19. The second-order valence-electron chi connectivity index (χ2n) is 4.01. The zero-order valence-corrected chi connectivity index (χ0v) is 12.8. The summed E-state index contributed by atoms with van der Waals surface area (Å²) >= 11 is 9.30. The summed E-state index contributed by atoms with van der Waals surface area (Å²) < 4.78 is 6.24. The van der Waals surface area contributed by atoms with Crippen LogP contribution in [0.2, 0.25) is 5.02 Å². The third-order valence-corrected chi connectivity index (χ3v) is 3.40. The van der Waals surface area contributed by atoms with E-state index >= 15 is 0 Å². The van der Waals surface area contributed by atoms with Crippen LogP contribution < -0.4 is 4.74 Å². The molecule has 0 spiro atoms. The van der Waals surface area contributed by atoms with Crippen LogP contribution in [-0.2, 0) is 0 Å². The summed E-state index contributed by atoms with van der Waals surface area (Å²) in [5.41, 5.74) is 0.753. The summed E-state index contributed by atoms with van der Waals surface area (Å²) in [4.78, 5) is 14.1. The van der Waals surface area contributed by atoms with Gasteiger partial charge in [0.05, 0.1) is 4.47 Å². The fourth-order valence-electron chi connectivity index (χ4n) is 1.70. The van der Waals surface area contributed by atoms with E-state index in [-0.39, 0.29) is 11.6 Å². The van der Waals surface area contributed by atoms with Crippen molar-refractivity contribution < 1.29 is 9.66 Å². The number of aromatic nitrogens is 1. The molecule has 0 unspecified atom stereocenters. The standard InChI is InChI=1S/C13H10BrClN2O3/c1-8(10-4-2-3-5-11(10)15)20-12-6-9(14)7-16-13(12)17(18)19/h2-8H,1H3/t8-/m0/s1. The molecular formula is C13H10BrClN2O3. The van der Waals surface area contributed by atoms with Crippen LogP contribution in [0.5, 0.6) is 5.75 Å². The molecule has 1 heterocycles. The monoisotopic (exact) mass is 356 g/mol. The normalized spacial score (nSPS) is 11.9. The van der Waals surface area contributed by atoms with Gasteiger partial charge in [-0.1, -0.05) is 29.8 Å². The second-order valence-corrected chi connectivity index (χ2v) is 5.34. The van der Waals surface area contributed by atoms with Gasteiger partial charge in [-0.3, -0.25) is 0 Å². The Balaban J connectivity index is 2.32. The van der Waals surface area contributed by atoms with Gasteiger partial charge in [-0.15, -0.1) is 0 Å². The van der Waals surface area contributed by atoms with Crippen LogP contribution in [0.25, 0.3) is 0 Å². The van der Waals surface area contributed by atoms with E-state index in [0.717, 1.165) is 5.56 Å². The molecule has 1 atom stereocenters. The average molecular weight is 358 g/mol. The van der Waals surface area contributed by atoms with Crippen LogP contribution in [0.15, 0.2) is 41.0 Å². The van der Waals surface area contributed by atoms with Gasteiger partial charge in [-0.2, -0.15) is 0 Å². The van der Waals surface area contributed by atoms with Crippen molar-refractivity contribution in [3.63, 3.8) is 0 Å². The Hall–Kier alpha value is -1.66. The van der Waals surface area contributed by atoms with E-state index < -0.39 is 11.0 Å². The number of hydrogen-bond donors (Lipinski definition) is 0. The SMILES string of the molecule is C[C@H](Oc1cc(Br)cnc1[N+](=O)[O-])c1ccccc1Cl.